The van der Waals surface area contributed by atoms with Crippen LogP contribution in [0, 0.1) is 5.82 Å². The van der Waals surface area contributed by atoms with Crippen LogP contribution in [-0.4, -0.2) is 30.1 Å². The predicted octanol–water partition coefficient (Wildman–Crippen LogP) is 1.48. The molecule has 0 radical (unpaired) electrons. The van der Waals surface area contributed by atoms with Crippen LogP contribution in [0.1, 0.15) is 0 Å². The van der Waals surface area contributed by atoms with Gasteiger partial charge in [0, 0.05) is 0 Å². The maximum absolute atomic E-state index is 12.8. The van der Waals surface area contributed by atoms with E-state index in [1.165, 1.54) is 18.2 Å². The first kappa shape index (κ1) is 12.2. The van der Waals surface area contributed by atoms with E-state index in [4.69, 9.17) is 10.5 Å². The number of ether oxygens (including phenoxy) is 1. The summed E-state index contributed by atoms with van der Waals surface area (Å²) >= 11 is 1.55. The lowest BCUT2D eigenvalue weighted by atomic mass is 10.2. The zero-order chi connectivity index (χ0) is 12.3. The molecule has 3 N–H and O–H groups in total. The summed E-state index contributed by atoms with van der Waals surface area (Å²) < 4.78 is 17.8. The molecule has 0 spiro atoms. The van der Waals surface area contributed by atoms with E-state index >= 15 is 0 Å². The summed E-state index contributed by atoms with van der Waals surface area (Å²) in [6.45, 7) is 1.41. The number of hydrogen-bond donors (Lipinski definition) is 2. The maximum Gasteiger partial charge on any atom is 0.234 e. The molecule has 4 nitrogen and oxygen atoms in total. The number of halogens is 1. The van der Waals surface area contributed by atoms with Crippen LogP contribution >= 0.6 is 11.8 Å². The number of carbonyl (C=O) groups is 1. The fourth-order valence-corrected chi connectivity index (χ4v) is 2.18. The minimum atomic E-state index is -0.415. The highest BCUT2D eigenvalue weighted by Crippen LogP contribution is 2.21. The molecule has 1 fully saturated rings. The van der Waals surface area contributed by atoms with Gasteiger partial charge in [-0.05, 0) is 18.2 Å². The van der Waals surface area contributed by atoms with Gasteiger partial charge in [0.1, 0.15) is 5.82 Å². The summed E-state index contributed by atoms with van der Waals surface area (Å²) in [5.41, 5.74) is 6.26. The van der Waals surface area contributed by atoms with Crippen LogP contribution in [-0.2, 0) is 9.53 Å². The molecule has 1 saturated heterocycles. The fourth-order valence-electron chi connectivity index (χ4n) is 1.34. The Morgan fingerprint density at radius 3 is 2.94 bits per heavy atom. The zero-order valence-corrected chi connectivity index (χ0v) is 9.93. The number of nitrogens with one attached hydrogen (secondary N) is 1. The van der Waals surface area contributed by atoms with Crippen molar-refractivity contribution in [1.82, 2.24) is 0 Å². The molecule has 1 aliphatic heterocycles. The van der Waals surface area contributed by atoms with Gasteiger partial charge >= 0.3 is 0 Å². The molecule has 1 aliphatic rings. The first-order valence-corrected chi connectivity index (χ1v) is 6.24. The molecule has 1 heterocycles. The van der Waals surface area contributed by atoms with Crippen LogP contribution in [0.2, 0.25) is 0 Å². The third-order valence-electron chi connectivity index (χ3n) is 2.35. The van der Waals surface area contributed by atoms with Gasteiger partial charge in [0.05, 0.1) is 35.6 Å². The van der Waals surface area contributed by atoms with Crippen molar-refractivity contribution in [2.75, 3.05) is 30.0 Å². The van der Waals surface area contributed by atoms with Gasteiger partial charge in [-0.3, -0.25) is 4.79 Å². The van der Waals surface area contributed by atoms with E-state index in [1.54, 1.807) is 11.8 Å². The normalized spacial score (nSPS) is 15.4. The molecule has 6 heteroatoms. The van der Waals surface area contributed by atoms with E-state index in [0.717, 1.165) is 0 Å². The third kappa shape index (κ3) is 3.34. The number of nitrogen functional groups attached to an aromatic ring is 1. The van der Waals surface area contributed by atoms with Crippen LogP contribution in [0.4, 0.5) is 15.8 Å². The van der Waals surface area contributed by atoms with Crippen molar-refractivity contribution in [3.63, 3.8) is 0 Å². The van der Waals surface area contributed by atoms with Gasteiger partial charge in [0.25, 0.3) is 0 Å². The first-order chi connectivity index (χ1) is 8.15. The van der Waals surface area contributed by atoms with Gasteiger partial charge in [-0.1, -0.05) is 0 Å². The molecule has 0 aliphatic carbocycles. The highest BCUT2D eigenvalue weighted by molar-refractivity contribution is 8.00. The largest absolute Gasteiger partial charge is 0.397 e. The van der Waals surface area contributed by atoms with Crippen LogP contribution < -0.4 is 11.1 Å². The summed E-state index contributed by atoms with van der Waals surface area (Å²) in [6, 6.07) is 3.90. The molecule has 0 unspecified atom stereocenters. The monoisotopic (exact) mass is 256 g/mol. The van der Waals surface area contributed by atoms with E-state index in [-0.39, 0.29) is 11.6 Å². The molecular weight excluding hydrogens is 243 g/mol. The van der Waals surface area contributed by atoms with Crippen LogP contribution in [0.15, 0.2) is 18.2 Å². The number of benzene rings is 1. The van der Waals surface area contributed by atoms with Crippen LogP contribution in [0.3, 0.4) is 0 Å². The van der Waals surface area contributed by atoms with Crippen molar-refractivity contribution < 1.29 is 13.9 Å². The Balaban J connectivity index is 1.84. The van der Waals surface area contributed by atoms with Crippen molar-refractivity contribution in [2.45, 2.75) is 5.25 Å². The van der Waals surface area contributed by atoms with E-state index < -0.39 is 5.82 Å². The van der Waals surface area contributed by atoms with E-state index in [0.29, 0.717) is 29.9 Å². The molecule has 0 aromatic heterocycles. The number of hydrogen-bond acceptors (Lipinski definition) is 4. The average molecular weight is 256 g/mol. The number of thioether (sulfide) groups is 1. The molecule has 0 bridgehead atoms. The molecule has 0 atom stereocenters. The van der Waals surface area contributed by atoms with Crippen molar-refractivity contribution in [3.05, 3.63) is 24.0 Å². The number of anilines is 2. The predicted molar refractivity (Wildman–Crippen MR) is 66.5 cm³/mol. The van der Waals surface area contributed by atoms with Crippen LogP contribution in [0.25, 0.3) is 0 Å². The highest BCUT2D eigenvalue weighted by Gasteiger charge is 2.19. The molecule has 92 valence electrons. The van der Waals surface area contributed by atoms with Gasteiger partial charge in [0.15, 0.2) is 0 Å². The number of amides is 1. The molecule has 1 amide bonds. The van der Waals surface area contributed by atoms with E-state index in [1.807, 2.05) is 0 Å². The van der Waals surface area contributed by atoms with E-state index in [2.05, 4.69) is 5.32 Å². The number of rotatable bonds is 4. The number of nitrogens with two attached hydrogens (primary N) is 1. The summed E-state index contributed by atoms with van der Waals surface area (Å²) in [7, 11) is 0. The second-order valence-electron chi connectivity index (χ2n) is 3.75. The lowest BCUT2D eigenvalue weighted by molar-refractivity contribution is -0.113. The van der Waals surface area contributed by atoms with Gasteiger partial charge in [-0.15, -0.1) is 11.8 Å². The summed E-state index contributed by atoms with van der Waals surface area (Å²) in [4.78, 5) is 11.6. The molecule has 0 saturated carbocycles. The van der Waals surface area contributed by atoms with Gasteiger partial charge in [0.2, 0.25) is 5.91 Å². The zero-order valence-electron chi connectivity index (χ0n) is 9.11. The van der Waals surface area contributed by atoms with Gasteiger partial charge < -0.3 is 15.8 Å². The van der Waals surface area contributed by atoms with Gasteiger partial charge in [-0.2, -0.15) is 0 Å². The lowest BCUT2D eigenvalue weighted by Gasteiger charge is -2.24. The SMILES string of the molecule is Nc1cc(F)ccc1NC(=O)CSC1COC1. The Labute approximate surface area is 103 Å². The Hall–Kier alpha value is -1.27. The van der Waals surface area contributed by atoms with Crippen molar-refractivity contribution in [1.29, 1.82) is 0 Å². The third-order valence-corrected chi connectivity index (χ3v) is 3.52. The van der Waals surface area contributed by atoms with Crippen molar-refractivity contribution >= 4 is 29.0 Å². The first-order valence-electron chi connectivity index (χ1n) is 5.19. The maximum atomic E-state index is 12.8. The lowest BCUT2D eigenvalue weighted by Crippen LogP contribution is -2.32. The minimum absolute atomic E-state index is 0.139. The van der Waals surface area contributed by atoms with Crippen molar-refractivity contribution in [2.24, 2.45) is 0 Å². The summed E-state index contributed by atoms with van der Waals surface area (Å²) in [5, 5.41) is 3.06. The molecular formula is C11H13FN2O2S. The van der Waals surface area contributed by atoms with Gasteiger partial charge in [-0.25, -0.2) is 4.39 Å². The minimum Gasteiger partial charge on any atom is -0.397 e. The Morgan fingerprint density at radius 1 is 1.59 bits per heavy atom. The summed E-state index contributed by atoms with van der Waals surface area (Å²) in [6.07, 6.45) is 0. The molecule has 1 aromatic carbocycles. The highest BCUT2D eigenvalue weighted by atomic mass is 32.2. The van der Waals surface area contributed by atoms with Crippen molar-refractivity contribution in [3.8, 4) is 0 Å². The van der Waals surface area contributed by atoms with Crippen LogP contribution in [0.5, 0.6) is 0 Å². The second kappa shape index (κ2) is 5.37. The average Bonchev–Trinajstić information content (AvgIpc) is 2.20. The second-order valence-corrected chi connectivity index (χ2v) is 5.04. The quantitative estimate of drug-likeness (QED) is 0.801. The molecule has 2 rings (SSSR count). The Kier molecular flexibility index (Phi) is 3.86. The standard InChI is InChI=1S/C11H13FN2O2S/c12-7-1-2-10(9(13)3-7)14-11(15)6-17-8-4-16-5-8/h1-3,8H,4-6,13H2,(H,14,15). The molecule has 17 heavy (non-hydrogen) atoms. The Morgan fingerprint density at radius 2 is 2.35 bits per heavy atom. The fraction of sp³-hybridized carbons (Fsp3) is 0.364. The number of carbonyl (C=O) groups excluding carboxylic acids is 1. The Bertz CT molecular complexity index is 424. The molecule has 1 aromatic rings. The van der Waals surface area contributed by atoms with E-state index in [9.17, 15) is 9.18 Å². The topological polar surface area (TPSA) is 64.3 Å². The summed E-state index contributed by atoms with van der Waals surface area (Å²) in [5.74, 6) is -0.202. The smallest absolute Gasteiger partial charge is 0.234 e.